The lowest BCUT2D eigenvalue weighted by atomic mass is 10.0. The molecular weight excluding hydrogens is 370 g/mol. The first-order valence-electron chi connectivity index (χ1n) is 9.32. The molecule has 29 heavy (non-hydrogen) atoms. The van der Waals surface area contributed by atoms with Crippen LogP contribution >= 0.6 is 0 Å². The summed E-state index contributed by atoms with van der Waals surface area (Å²) < 4.78 is 0. The number of aromatic amines is 1. The van der Waals surface area contributed by atoms with Crippen molar-refractivity contribution in [1.29, 1.82) is 0 Å². The van der Waals surface area contributed by atoms with Gasteiger partial charge in [0.1, 0.15) is 0 Å². The molecule has 4 rings (SSSR count). The first-order valence-corrected chi connectivity index (χ1v) is 9.32. The van der Waals surface area contributed by atoms with Crippen LogP contribution in [0.3, 0.4) is 0 Å². The summed E-state index contributed by atoms with van der Waals surface area (Å²) in [4.78, 5) is 24.1. The van der Waals surface area contributed by atoms with E-state index in [1.54, 1.807) is 6.20 Å². The number of H-pyrrole nitrogens is 1. The third-order valence-electron chi connectivity index (χ3n) is 4.92. The average Bonchev–Trinajstić information content (AvgIpc) is 2.95. The number of nitrogens with zero attached hydrogens (tertiary/aromatic N) is 1. The first-order chi connectivity index (χ1) is 14.1. The van der Waals surface area contributed by atoms with Crippen LogP contribution in [0.2, 0.25) is 0 Å². The van der Waals surface area contributed by atoms with Gasteiger partial charge in [-0.2, -0.15) is 5.10 Å². The lowest BCUT2D eigenvalue weighted by molar-refractivity contribution is 0.0934. The van der Waals surface area contributed by atoms with Crippen LogP contribution in [0.4, 0.5) is 4.79 Å². The van der Waals surface area contributed by atoms with E-state index in [0.717, 1.165) is 27.9 Å². The van der Waals surface area contributed by atoms with E-state index < -0.39 is 6.09 Å². The highest BCUT2D eigenvalue weighted by Crippen LogP contribution is 2.35. The summed E-state index contributed by atoms with van der Waals surface area (Å²) in [6.07, 6.45) is 4.81. The zero-order chi connectivity index (χ0) is 20.2. The zero-order valence-electron chi connectivity index (χ0n) is 15.6. The van der Waals surface area contributed by atoms with Crippen molar-refractivity contribution < 1.29 is 14.7 Å². The number of hydrogen-bond donors (Lipinski definition) is 5. The molecule has 8 heteroatoms. The molecule has 2 aliphatic heterocycles. The Balaban J connectivity index is 1.60. The van der Waals surface area contributed by atoms with Gasteiger partial charge in [0.2, 0.25) is 0 Å². The maximum Gasteiger partial charge on any atom is 0.404 e. The molecule has 0 radical (unpaired) electrons. The highest BCUT2D eigenvalue weighted by Gasteiger charge is 2.25. The molecule has 2 heterocycles. The van der Waals surface area contributed by atoms with Crippen molar-refractivity contribution in [2.24, 2.45) is 0 Å². The predicted octanol–water partition coefficient (Wildman–Crippen LogP) is 2.20. The number of rotatable bonds is 6. The second kappa shape index (κ2) is 8.05. The Bertz CT molecular complexity index is 1030. The molecule has 1 aromatic rings. The Hall–Kier alpha value is -3.81. The minimum atomic E-state index is -1.12. The van der Waals surface area contributed by atoms with Gasteiger partial charge >= 0.3 is 6.09 Å². The van der Waals surface area contributed by atoms with Crippen molar-refractivity contribution in [2.45, 2.75) is 19.0 Å². The van der Waals surface area contributed by atoms with E-state index >= 15 is 0 Å². The van der Waals surface area contributed by atoms with Crippen LogP contribution in [0.25, 0.3) is 17.2 Å². The first kappa shape index (κ1) is 18.5. The Kier molecular flexibility index (Phi) is 5.15. The van der Waals surface area contributed by atoms with E-state index in [0.29, 0.717) is 18.5 Å². The summed E-state index contributed by atoms with van der Waals surface area (Å²) in [7, 11) is 0. The van der Waals surface area contributed by atoms with Crippen LogP contribution in [-0.2, 0) is 13.0 Å². The van der Waals surface area contributed by atoms with Crippen molar-refractivity contribution in [3.63, 3.8) is 0 Å². The van der Waals surface area contributed by atoms with Crippen LogP contribution in [0, 0.1) is 0 Å². The smallest absolute Gasteiger partial charge is 0.404 e. The van der Waals surface area contributed by atoms with Crippen LogP contribution in [0.15, 0.2) is 48.8 Å². The summed E-state index contributed by atoms with van der Waals surface area (Å²) in [6, 6.07) is 11.1. The molecule has 1 aliphatic carbocycles. The summed E-state index contributed by atoms with van der Waals surface area (Å²) in [6.45, 7) is 0.635. The molecule has 8 nitrogen and oxygen atoms in total. The Morgan fingerprint density at radius 2 is 2.07 bits per heavy atom. The Morgan fingerprint density at radius 3 is 2.86 bits per heavy atom. The fourth-order valence-corrected chi connectivity index (χ4v) is 3.63. The average molecular weight is 391 g/mol. The monoisotopic (exact) mass is 391 g/mol. The van der Waals surface area contributed by atoms with Crippen molar-refractivity contribution in [1.82, 2.24) is 26.1 Å². The lowest BCUT2D eigenvalue weighted by Crippen LogP contribution is -2.44. The van der Waals surface area contributed by atoms with Crippen LogP contribution < -0.4 is 16.0 Å². The number of carbonyl (C=O) groups excluding carboxylic acids is 1. The number of benzene rings is 1. The fourth-order valence-electron chi connectivity index (χ4n) is 3.63. The summed E-state index contributed by atoms with van der Waals surface area (Å²) >= 11 is 0. The highest BCUT2D eigenvalue weighted by molar-refractivity contribution is 6.01. The van der Waals surface area contributed by atoms with Gasteiger partial charge in [-0.05, 0) is 35.9 Å². The van der Waals surface area contributed by atoms with E-state index in [1.807, 2.05) is 48.7 Å². The molecule has 0 saturated carbocycles. The molecule has 0 spiro atoms. The second-order valence-corrected chi connectivity index (χ2v) is 6.91. The summed E-state index contributed by atoms with van der Waals surface area (Å²) in [5, 5.41) is 24.6. The van der Waals surface area contributed by atoms with Gasteiger partial charge < -0.3 is 21.1 Å². The quantitative estimate of drug-likeness (QED) is 0.441. The van der Waals surface area contributed by atoms with Crippen LogP contribution in [0.1, 0.15) is 27.2 Å². The third kappa shape index (κ3) is 4.06. The largest absolute Gasteiger partial charge is 0.465 e. The molecule has 0 aromatic heterocycles. The SMILES string of the molecule is O=C(O)NC[C@H](Cc1ccccc1)NC(=O)c1cc2cn[nH]c3c-2c1CNC=C3. The number of aromatic nitrogens is 2. The minimum Gasteiger partial charge on any atom is -0.465 e. The number of carboxylic acid groups (broad SMARTS) is 1. The summed E-state index contributed by atoms with van der Waals surface area (Å²) in [5.74, 6) is -0.237. The molecule has 2 amide bonds. The van der Waals surface area contributed by atoms with Gasteiger partial charge in [0, 0.05) is 29.8 Å². The predicted molar refractivity (Wildman–Crippen MR) is 109 cm³/mol. The molecule has 5 N–H and O–H groups in total. The van der Waals surface area contributed by atoms with Gasteiger partial charge in [0.25, 0.3) is 5.91 Å². The second-order valence-electron chi connectivity index (χ2n) is 6.91. The van der Waals surface area contributed by atoms with E-state index in [-0.39, 0.29) is 18.5 Å². The normalized spacial score (nSPS) is 13.4. The van der Waals surface area contributed by atoms with E-state index in [9.17, 15) is 9.59 Å². The molecule has 3 aliphatic rings. The molecule has 0 bridgehead atoms. The Labute approximate surface area is 167 Å². The van der Waals surface area contributed by atoms with Crippen molar-refractivity contribution in [3.8, 4) is 11.1 Å². The standard InChI is InChI=1S/C21H21N5O3/c27-20(25-15(11-23-21(28)29)8-13-4-2-1-3-5-13)16-9-14-10-24-26-18-6-7-22-12-17(16)19(14)18/h1-7,9-10,15,22-23,26H,8,11-12H2,(H,25,27)(H,28,29)/t15-/m0/s1. The van der Waals surface area contributed by atoms with E-state index in [1.165, 1.54) is 0 Å². The number of carbonyl (C=O) groups is 2. The fraction of sp³-hybridized carbons (Fsp3) is 0.190. The number of nitrogens with one attached hydrogen (secondary N) is 4. The van der Waals surface area contributed by atoms with Gasteiger partial charge in [-0.1, -0.05) is 30.3 Å². The molecule has 1 atom stereocenters. The van der Waals surface area contributed by atoms with Crippen molar-refractivity contribution in [2.75, 3.05) is 6.54 Å². The summed E-state index contributed by atoms with van der Waals surface area (Å²) in [5.41, 5.74) is 5.16. The molecule has 0 fully saturated rings. The van der Waals surface area contributed by atoms with E-state index in [4.69, 9.17) is 5.11 Å². The highest BCUT2D eigenvalue weighted by atomic mass is 16.4. The van der Waals surface area contributed by atoms with Crippen molar-refractivity contribution >= 4 is 18.1 Å². The van der Waals surface area contributed by atoms with Crippen LogP contribution in [0.5, 0.6) is 0 Å². The molecule has 1 aromatic carbocycles. The van der Waals surface area contributed by atoms with E-state index in [2.05, 4.69) is 26.1 Å². The minimum absolute atomic E-state index is 0.117. The molecule has 0 saturated heterocycles. The van der Waals surface area contributed by atoms with Gasteiger partial charge in [-0.15, -0.1) is 0 Å². The molecule has 148 valence electrons. The van der Waals surface area contributed by atoms with Gasteiger partial charge in [0.05, 0.1) is 17.9 Å². The van der Waals surface area contributed by atoms with Crippen LogP contribution in [-0.4, -0.2) is 39.9 Å². The van der Waals surface area contributed by atoms with Gasteiger partial charge in [-0.3, -0.25) is 9.89 Å². The topological polar surface area (TPSA) is 119 Å². The molecular formula is C21H21N5O3. The number of hydrogen-bond acceptors (Lipinski definition) is 4. The van der Waals surface area contributed by atoms with Gasteiger partial charge in [-0.25, -0.2) is 4.79 Å². The maximum atomic E-state index is 13.1. The Morgan fingerprint density at radius 1 is 1.24 bits per heavy atom. The number of amides is 2. The van der Waals surface area contributed by atoms with Gasteiger partial charge in [0.15, 0.2) is 0 Å². The van der Waals surface area contributed by atoms with Crippen molar-refractivity contribution in [3.05, 3.63) is 71.2 Å². The molecule has 0 unspecified atom stereocenters. The third-order valence-corrected chi connectivity index (χ3v) is 4.92. The maximum absolute atomic E-state index is 13.1. The lowest BCUT2D eigenvalue weighted by Gasteiger charge is -2.19. The zero-order valence-corrected chi connectivity index (χ0v) is 15.6.